The second-order valence-corrected chi connectivity index (χ2v) is 9.48. The standard InChI is InChI=1S/C23H28N2O4S2/c1-3-29-23(28)17-10-12-25(13-11-17)21(26)15-24(2)22(27)19-8-4-5-9-20(19)31-16-18-7-6-14-30-18/h4-9,14,17H,3,10-13,15-16H2,1-2H3. The van der Waals surface area contributed by atoms with E-state index in [2.05, 4.69) is 6.07 Å². The van der Waals surface area contributed by atoms with E-state index in [-0.39, 0.29) is 30.2 Å². The normalized spacial score (nSPS) is 14.3. The highest BCUT2D eigenvalue weighted by Crippen LogP contribution is 2.28. The van der Waals surface area contributed by atoms with Gasteiger partial charge in [-0.25, -0.2) is 0 Å². The second kappa shape index (κ2) is 11.3. The number of nitrogens with zero attached hydrogens (tertiary/aromatic N) is 2. The van der Waals surface area contributed by atoms with Gasteiger partial charge < -0.3 is 14.5 Å². The van der Waals surface area contributed by atoms with E-state index in [4.69, 9.17) is 4.74 Å². The summed E-state index contributed by atoms with van der Waals surface area (Å²) in [5.41, 5.74) is 0.611. The van der Waals surface area contributed by atoms with Crippen molar-refractivity contribution < 1.29 is 19.1 Å². The number of carbonyl (C=O) groups excluding carboxylic acids is 3. The maximum Gasteiger partial charge on any atom is 0.309 e. The molecule has 2 heterocycles. The van der Waals surface area contributed by atoms with Gasteiger partial charge >= 0.3 is 5.97 Å². The third-order valence-electron chi connectivity index (χ3n) is 5.25. The van der Waals surface area contributed by atoms with E-state index in [9.17, 15) is 14.4 Å². The van der Waals surface area contributed by atoms with E-state index in [1.165, 1.54) is 9.78 Å². The van der Waals surface area contributed by atoms with Crippen molar-refractivity contribution in [1.82, 2.24) is 9.80 Å². The number of hydrogen-bond acceptors (Lipinski definition) is 6. The molecule has 1 aromatic heterocycles. The van der Waals surface area contributed by atoms with Crippen molar-refractivity contribution in [2.24, 2.45) is 5.92 Å². The van der Waals surface area contributed by atoms with Gasteiger partial charge in [-0.3, -0.25) is 14.4 Å². The van der Waals surface area contributed by atoms with Crippen molar-refractivity contribution >= 4 is 40.9 Å². The van der Waals surface area contributed by atoms with E-state index in [0.717, 1.165) is 10.6 Å². The van der Waals surface area contributed by atoms with E-state index in [1.54, 1.807) is 42.0 Å². The van der Waals surface area contributed by atoms with E-state index < -0.39 is 0 Å². The van der Waals surface area contributed by atoms with Gasteiger partial charge in [-0.2, -0.15) is 0 Å². The number of amides is 2. The monoisotopic (exact) mass is 460 g/mol. The first-order valence-corrected chi connectivity index (χ1v) is 12.3. The van der Waals surface area contributed by atoms with Crippen molar-refractivity contribution in [3.05, 3.63) is 52.2 Å². The molecular weight excluding hydrogens is 432 g/mol. The summed E-state index contributed by atoms with van der Waals surface area (Å²) in [6.07, 6.45) is 1.20. The molecule has 1 aliphatic rings. The van der Waals surface area contributed by atoms with Gasteiger partial charge in [-0.15, -0.1) is 23.1 Å². The maximum atomic E-state index is 13.0. The van der Waals surface area contributed by atoms with Gasteiger partial charge in [0.15, 0.2) is 0 Å². The molecule has 2 amide bonds. The fourth-order valence-corrected chi connectivity index (χ4v) is 5.34. The predicted molar refractivity (Wildman–Crippen MR) is 123 cm³/mol. The van der Waals surface area contributed by atoms with Crippen molar-refractivity contribution in [3.8, 4) is 0 Å². The number of rotatable bonds is 8. The highest BCUT2D eigenvalue weighted by atomic mass is 32.2. The Kier molecular flexibility index (Phi) is 8.54. The molecule has 166 valence electrons. The zero-order valence-electron chi connectivity index (χ0n) is 17.9. The Labute approximate surface area is 191 Å². The fourth-order valence-electron chi connectivity index (χ4n) is 3.52. The summed E-state index contributed by atoms with van der Waals surface area (Å²) in [7, 11) is 1.66. The lowest BCUT2D eigenvalue weighted by Gasteiger charge is -2.32. The first-order valence-electron chi connectivity index (χ1n) is 10.4. The lowest BCUT2D eigenvalue weighted by Crippen LogP contribution is -2.45. The summed E-state index contributed by atoms with van der Waals surface area (Å²) in [5, 5.41) is 2.04. The Balaban J connectivity index is 1.55. The smallest absolute Gasteiger partial charge is 0.309 e. The van der Waals surface area contributed by atoms with Gasteiger partial charge in [0, 0.05) is 35.7 Å². The summed E-state index contributed by atoms with van der Waals surface area (Å²) in [4.78, 5) is 43.0. The van der Waals surface area contributed by atoms with Gasteiger partial charge in [-0.1, -0.05) is 18.2 Å². The topological polar surface area (TPSA) is 66.9 Å². The number of likely N-dealkylation sites (N-methyl/N-ethyl adjacent to an activating group) is 1. The quantitative estimate of drug-likeness (QED) is 0.441. The van der Waals surface area contributed by atoms with Crippen molar-refractivity contribution in [1.29, 1.82) is 0 Å². The van der Waals surface area contributed by atoms with Gasteiger partial charge in [0.05, 0.1) is 24.6 Å². The van der Waals surface area contributed by atoms with Gasteiger partial charge in [-0.05, 0) is 43.3 Å². The molecule has 0 spiro atoms. The fraction of sp³-hybridized carbons (Fsp3) is 0.435. The van der Waals surface area contributed by atoms with Crippen LogP contribution >= 0.6 is 23.1 Å². The Morgan fingerprint density at radius 3 is 2.58 bits per heavy atom. The minimum absolute atomic E-state index is 0.0207. The van der Waals surface area contributed by atoms with Crippen molar-refractivity contribution in [3.63, 3.8) is 0 Å². The van der Waals surface area contributed by atoms with Crippen molar-refractivity contribution in [2.45, 2.75) is 30.4 Å². The highest BCUT2D eigenvalue weighted by Gasteiger charge is 2.29. The number of carbonyl (C=O) groups is 3. The molecule has 3 rings (SSSR count). The number of thioether (sulfide) groups is 1. The number of hydrogen-bond donors (Lipinski definition) is 0. The molecule has 31 heavy (non-hydrogen) atoms. The molecule has 0 unspecified atom stereocenters. The van der Waals surface area contributed by atoms with Crippen LogP contribution in [0, 0.1) is 5.92 Å². The Morgan fingerprint density at radius 2 is 1.90 bits per heavy atom. The average Bonchev–Trinajstić information content (AvgIpc) is 3.31. The molecule has 6 nitrogen and oxygen atoms in total. The molecule has 0 radical (unpaired) electrons. The molecule has 1 fully saturated rings. The van der Waals surface area contributed by atoms with E-state index in [0.29, 0.717) is 38.1 Å². The van der Waals surface area contributed by atoms with Crippen LogP contribution in [0.3, 0.4) is 0 Å². The van der Waals surface area contributed by atoms with Crippen LogP contribution in [0.1, 0.15) is 35.0 Å². The minimum Gasteiger partial charge on any atom is -0.466 e. The Morgan fingerprint density at radius 1 is 1.16 bits per heavy atom. The molecule has 1 aliphatic heterocycles. The molecule has 1 aromatic carbocycles. The number of piperidine rings is 1. The maximum absolute atomic E-state index is 13.0. The molecule has 0 atom stereocenters. The molecule has 0 bridgehead atoms. The van der Waals surface area contributed by atoms with Crippen LogP contribution < -0.4 is 0 Å². The minimum atomic E-state index is -0.182. The number of benzene rings is 1. The summed E-state index contributed by atoms with van der Waals surface area (Å²) in [6, 6.07) is 11.6. The van der Waals surface area contributed by atoms with Gasteiger partial charge in [0.1, 0.15) is 0 Å². The third-order valence-corrected chi connectivity index (χ3v) is 7.44. The number of ether oxygens (including phenoxy) is 1. The first kappa shape index (κ1) is 23.3. The summed E-state index contributed by atoms with van der Waals surface area (Å²) >= 11 is 3.32. The van der Waals surface area contributed by atoms with Crippen molar-refractivity contribution in [2.75, 3.05) is 33.3 Å². The van der Waals surface area contributed by atoms with Gasteiger partial charge in [0.2, 0.25) is 5.91 Å². The summed E-state index contributed by atoms with van der Waals surface area (Å²) < 4.78 is 5.08. The Hall–Kier alpha value is -2.32. The Bertz CT molecular complexity index is 893. The largest absolute Gasteiger partial charge is 0.466 e. The zero-order valence-corrected chi connectivity index (χ0v) is 19.5. The number of esters is 1. The molecule has 0 aliphatic carbocycles. The summed E-state index contributed by atoms with van der Waals surface area (Å²) in [6.45, 7) is 3.21. The molecular formula is C23H28N2O4S2. The van der Waals surface area contributed by atoms with Gasteiger partial charge in [0.25, 0.3) is 5.91 Å². The van der Waals surface area contributed by atoms with E-state index in [1.807, 2.05) is 35.7 Å². The lowest BCUT2D eigenvalue weighted by atomic mass is 9.97. The second-order valence-electron chi connectivity index (χ2n) is 7.43. The van der Waals surface area contributed by atoms with Crippen LogP contribution in [-0.2, 0) is 20.1 Å². The van der Waals surface area contributed by atoms with E-state index >= 15 is 0 Å². The first-order chi connectivity index (χ1) is 15.0. The van der Waals surface area contributed by atoms with Crippen LogP contribution in [0.5, 0.6) is 0 Å². The van der Waals surface area contributed by atoms with Crippen LogP contribution in [0.2, 0.25) is 0 Å². The third kappa shape index (κ3) is 6.33. The van der Waals surface area contributed by atoms with Crippen LogP contribution in [0.15, 0.2) is 46.7 Å². The molecule has 8 heteroatoms. The zero-order chi connectivity index (χ0) is 22.2. The van der Waals surface area contributed by atoms with Crippen LogP contribution in [-0.4, -0.2) is 60.9 Å². The van der Waals surface area contributed by atoms with Crippen LogP contribution in [0.4, 0.5) is 0 Å². The lowest BCUT2D eigenvalue weighted by molar-refractivity contribution is -0.151. The molecule has 2 aromatic rings. The predicted octanol–water partition coefficient (Wildman–Crippen LogP) is 3.91. The molecule has 0 N–H and O–H groups in total. The average molecular weight is 461 g/mol. The number of thiophene rings is 1. The van der Waals surface area contributed by atoms with Crippen LogP contribution in [0.25, 0.3) is 0 Å². The molecule has 1 saturated heterocycles. The highest BCUT2D eigenvalue weighted by molar-refractivity contribution is 7.98. The SMILES string of the molecule is CCOC(=O)C1CCN(C(=O)CN(C)C(=O)c2ccccc2SCc2cccs2)CC1. The number of likely N-dealkylation sites (tertiary alicyclic amines) is 1. The summed E-state index contributed by atoms with van der Waals surface area (Å²) in [5.74, 6) is 0.222. The molecule has 0 saturated carbocycles.